The monoisotopic (exact) mass is 640 g/mol. The van der Waals surface area contributed by atoms with Gasteiger partial charge >= 0.3 is 0 Å². The third kappa shape index (κ3) is 4.19. The zero-order valence-electron chi connectivity index (χ0n) is 27.4. The van der Waals surface area contributed by atoms with Crippen LogP contribution in [-0.4, -0.2) is 18.0 Å². The van der Waals surface area contributed by atoms with Gasteiger partial charge in [-0.2, -0.15) is 0 Å². The fourth-order valence-corrected chi connectivity index (χ4v) is 11.2. The number of aromatic nitrogens is 2. The predicted octanol–water partition coefficient (Wildman–Crippen LogP) is 10.7. The molecule has 8 aromatic rings. The van der Waals surface area contributed by atoms with E-state index < -0.39 is 8.07 Å². The van der Waals surface area contributed by atoms with Crippen LogP contribution in [0.25, 0.3) is 89.1 Å². The molecule has 1 aliphatic heterocycles. The average Bonchev–Trinajstić information content (AvgIpc) is 3.61. The minimum absolute atomic E-state index is 0.788. The zero-order valence-corrected chi connectivity index (χ0v) is 28.4. The normalized spacial score (nSPS) is 13.3. The maximum atomic E-state index is 5.40. The maximum absolute atomic E-state index is 5.40. The lowest BCUT2D eigenvalue weighted by Gasteiger charge is -2.19. The molecular weight excluding hydrogens is 609 g/mol. The second kappa shape index (κ2) is 10.5. The van der Waals surface area contributed by atoms with Crippen LogP contribution in [0.3, 0.4) is 0 Å². The van der Waals surface area contributed by atoms with Gasteiger partial charge in [-0.1, -0.05) is 159 Å². The molecule has 0 spiro atoms. The van der Waals surface area contributed by atoms with Crippen LogP contribution in [0, 0.1) is 0 Å². The number of hydrogen-bond acceptors (Lipinski definition) is 2. The van der Waals surface area contributed by atoms with Crippen molar-refractivity contribution in [3.63, 3.8) is 0 Å². The van der Waals surface area contributed by atoms with Crippen LogP contribution >= 0.6 is 0 Å². The molecule has 2 nitrogen and oxygen atoms in total. The van der Waals surface area contributed by atoms with E-state index in [0.29, 0.717) is 0 Å². The lowest BCUT2D eigenvalue weighted by atomic mass is 9.92. The fraction of sp³-hybridized carbons (Fsp3) is 0.0435. The molecule has 0 amide bonds. The largest absolute Gasteiger partial charge is 0.237 e. The molecule has 0 saturated heterocycles. The minimum atomic E-state index is -2.03. The highest BCUT2D eigenvalue weighted by molar-refractivity contribution is 7.03. The van der Waals surface area contributed by atoms with Crippen LogP contribution in [-0.2, 0) is 0 Å². The Balaban J connectivity index is 1.09. The molecule has 1 aliphatic carbocycles. The van der Waals surface area contributed by atoms with Crippen molar-refractivity contribution < 1.29 is 0 Å². The van der Waals surface area contributed by atoms with E-state index in [9.17, 15) is 0 Å². The molecule has 0 saturated carbocycles. The van der Waals surface area contributed by atoms with Gasteiger partial charge < -0.3 is 0 Å². The zero-order chi connectivity index (χ0) is 32.7. The third-order valence-electron chi connectivity index (χ3n) is 10.6. The highest BCUT2D eigenvalue weighted by Gasteiger charge is 2.41. The van der Waals surface area contributed by atoms with Crippen molar-refractivity contribution >= 4 is 29.4 Å². The van der Waals surface area contributed by atoms with Gasteiger partial charge in [-0.3, -0.25) is 0 Å². The fourth-order valence-electron chi connectivity index (χ4n) is 8.24. The first-order valence-corrected chi connectivity index (χ1v) is 20.0. The number of benzene rings is 7. The summed E-state index contributed by atoms with van der Waals surface area (Å²) in [5, 5.41) is 5.31. The van der Waals surface area contributed by atoms with E-state index in [1.807, 2.05) is 0 Å². The highest BCUT2D eigenvalue weighted by Crippen LogP contribution is 2.49. The second-order valence-corrected chi connectivity index (χ2v) is 18.0. The summed E-state index contributed by atoms with van der Waals surface area (Å²) in [7, 11) is -2.03. The Bertz CT molecular complexity index is 2610. The van der Waals surface area contributed by atoms with Crippen LogP contribution in [0.15, 0.2) is 158 Å². The summed E-state index contributed by atoms with van der Waals surface area (Å²) >= 11 is 0. The van der Waals surface area contributed by atoms with Crippen molar-refractivity contribution in [3.05, 3.63) is 158 Å². The van der Waals surface area contributed by atoms with Crippen LogP contribution in [0.2, 0.25) is 13.1 Å². The lowest BCUT2D eigenvalue weighted by Crippen LogP contribution is -2.50. The minimum Gasteiger partial charge on any atom is -0.237 e. The first kappa shape index (κ1) is 28.1. The van der Waals surface area contributed by atoms with Crippen molar-refractivity contribution in [2.24, 2.45) is 0 Å². The third-order valence-corrected chi connectivity index (χ3v) is 13.9. The average molecular weight is 641 g/mol. The maximum Gasteiger partial charge on any atom is 0.159 e. The van der Waals surface area contributed by atoms with Gasteiger partial charge in [0.2, 0.25) is 0 Å². The van der Waals surface area contributed by atoms with Gasteiger partial charge in [0.25, 0.3) is 0 Å². The van der Waals surface area contributed by atoms with Crippen molar-refractivity contribution in [3.8, 4) is 78.3 Å². The Morgan fingerprint density at radius 3 is 1.73 bits per heavy atom. The van der Waals surface area contributed by atoms with Gasteiger partial charge in [-0.25, -0.2) is 9.97 Å². The Morgan fingerprint density at radius 1 is 0.408 bits per heavy atom. The molecule has 2 aliphatic rings. The van der Waals surface area contributed by atoms with E-state index in [1.165, 1.54) is 71.3 Å². The molecule has 0 N–H and O–H groups in total. The molecule has 49 heavy (non-hydrogen) atoms. The Morgan fingerprint density at radius 2 is 0.959 bits per heavy atom. The standard InChI is InChI=1S/C46H32N2Si/c1-49(2)41-24-9-8-21-40(41)43-44(29-13-4-3-5-14-29)47-45(48-46(43)49)33-18-11-16-31(28-33)30-15-10-17-32(27-30)34-25-26-39-36-20-7-6-19-35(36)38-23-12-22-37(34)42(38)39/h3-28H,1-2H3. The first-order valence-electron chi connectivity index (χ1n) is 17.0. The van der Waals surface area contributed by atoms with E-state index in [-0.39, 0.29) is 0 Å². The van der Waals surface area contributed by atoms with Crippen molar-refractivity contribution in [2.45, 2.75) is 13.1 Å². The van der Waals surface area contributed by atoms with Crippen LogP contribution < -0.4 is 10.5 Å². The van der Waals surface area contributed by atoms with Gasteiger partial charge in [-0.05, 0) is 78.2 Å². The van der Waals surface area contributed by atoms with E-state index in [2.05, 4.69) is 171 Å². The van der Waals surface area contributed by atoms with Crippen LogP contribution in [0.4, 0.5) is 0 Å². The topological polar surface area (TPSA) is 25.8 Å². The second-order valence-electron chi connectivity index (χ2n) is 13.8. The quantitative estimate of drug-likeness (QED) is 0.179. The number of nitrogens with zero attached hydrogens (tertiary/aromatic N) is 2. The molecule has 0 unspecified atom stereocenters. The molecule has 10 rings (SSSR count). The molecule has 0 fully saturated rings. The summed E-state index contributed by atoms with van der Waals surface area (Å²) in [4.78, 5) is 10.7. The smallest absolute Gasteiger partial charge is 0.159 e. The highest BCUT2D eigenvalue weighted by atomic mass is 28.3. The lowest BCUT2D eigenvalue weighted by molar-refractivity contribution is 1.21. The molecule has 0 atom stereocenters. The Hall–Kier alpha value is -5.90. The Kier molecular flexibility index (Phi) is 6.06. The summed E-state index contributed by atoms with van der Waals surface area (Å²) < 4.78 is 0. The number of rotatable bonds is 4. The molecule has 230 valence electrons. The number of fused-ring (bicyclic) bond motifs is 6. The molecule has 3 heteroatoms. The summed E-state index contributed by atoms with van der Waals surface area (Å²) in [6, 6.07) is 57.3. The molecule has 7 aromatic carbocycles. The van der Waals surface area contributed by atoms with Crippen molar-refractivity contribution in [1.82, 2.24) is 9.97 Å². The number of hydrogen-bond donors (Lipinski definition) is 0. The van der Waals surface area contributed by atoms with Crippen LogP contribution in [0.1, 0.15) is 0 Å². The van der Waals surface area contributed by atoms with Crippen molar-refractivity contribution in [1.29, 1.82) is 0 Å². The molecule has 0 bridgehead atoms. The first-order chi connectivity index (χ1) is 24.1. The van der Waals surface area contributed by atoms with Gasteiger partial charge in [0.1, 0.15) is 8.07 Å². The van der Waals surface area contributed by atoms with E-state index >= 15 is 0 Å². The predicted molar refractivity (Wildman–Crippen MR) is 208 cm³/mol. The molecular formula is C46H32N2Si. The summed E-state index contributed by atoms with van der Waals surface area (Å²) in [5.74, 6) is 0.788. The van der Waals surface area contributed by atoms with Gasteiger partial charge in [0, 0.05) is 22.0 Å². The van der Waals surface area contributed by atoms with Crippen molar-refractivity contribution in [2.75, 3.05) is 0 Å². The SMILES string of the molecule is C[Si]1(C)c2ccccc2-c2c(-c3ccccc3)nc(-c3cccc(-c4cccc(-c5ccc6c7c(cccc57)-c5ccccc5-6)c4)c3)nc21. The van der Waals surface area contributed by atoms with E-state index in [4.69, 9.17) is 9.97 Å². The van der Waals surface area contributed by atoms with Gasteiger partial charge in [0.05, 0.1) is 5.69 Å². The van der Waals surface area contributed by atoms with Gasteiger partial charge in [0.15, 0.2) is 5.82 Å². The molecule has 2 heterocycles. The van der Waals surface area contributed by atoms with E-state index in [0.717, 1.165) is 28.2 Å². The summed E-state index contributed by atoms with van der Waals surface area (Å²) in [6.07, 6.45) is 0. The Labute approximate surface area is 287 Å². The summed E-state index contributed by atoms with van der Waals surface area (Å²) in [6.45, 7) is 4.84. The van der Waals surface area contributed by atoms with E-state index in [1.54, 1.807) is 0 Å². The van der Waals surface area contributed by atoms with Crippen LogP contribution in [0.5, 0.6) is 0 Å². The molecule has 0 radical (unpaired) electrons. The summed E-state index contributed by atoms with van der Waals surface area (Å²) in [5.41, 5.74) is 15.8. The molecule has 1 aromatic heterocycles. The van der Waals surface area contributed by atoms with Gasteiger partial charge in [-0.15, -0.1) is 0 Å².